The smallest absolute Gasteiger partial charge is 0.245 e. The van der Waals surface area contributed by atoms with Gasteiger partial charge in [-0.3, -0.25) is 9.59 Å². The van der Waals surface area contributed by atoms with Crippen molar-refractivity contribution >= 4 is 11.8 Å². The summed E-state index contributed by atoms with van der Waals surface area (Å²) < 4.78 is 5.04. The number of hydrogen-bond acceptors (Lipinski definition) is 3. The molecule has 0 spiro atoms. The van der Waals surface area contributed by atoms with Gasteiger partial charge in [-0.1, -0.05) is 13.3 Å². The highest BCUT2D eigenvalue weighted by Crippen LogP contribution is 2.13. The fourth-order valence-electron chi connectivity index (χ4n) is 2.23. The molecule has 1 aliphatic rings. The number of hydrogen-bond donors (Lipinski definition) is 1. The second-order valence-electron chi connectivity index (χ2n) is 4.82. The minimum Gasteiger partial charge on any atom is -0.385 e. The second kappa shape index (κ2) is 7.36. The van der Waals surface area contributed by atoms with Crippen molar-refractivity contribution in [3.05, 3.63) is 0 Å². The molecule has 1 saturated heterocycles. The predicted molar refractivity (Wildman–Crippen MR) is 69.1 cm³/mol. The predicted octanol–water partition coefficient (Wildman–Crippen LogP) is 0.929. The summed E-state index contributed by atoms with van der Waals surface area (Å²) in [6.07, 6.45) is 2.79. The average Bonchev–Trinajstić information content (AvgIpc) is 2.48. The Morgan fingerprint density at radius 1 is 1.50 bits per heavy atom. The zero-order chi connectivity index (χ0) is 13.5. The lowest BCUT2D eigenvalue weighted by Gasteiger charge is -2.29. The van der Waals surface area contributed by atoms with Gasteiger partial charge >= 0.3 is 0 Å². The number of rotatable bonds is 6. The number of nitrogens with one attached hydrogen (secondary N) is 1. The molecule has 18 heavy (non-hydrogen) atoms. The Morgan fingerprint density at radius 3 is 2.83 bits per heavy atom. The molecule has 0 aromatic carbocycles. The molecule has 5 heteroatoms. The fourth-order valence-corrected chi connectivity index (χ4v) is 2.23. The lowest BCUT2D eigenvalue weighted by molar-refractivity contribution is -0.135. The SMILES string of the molecule is CCCC1NC(=O)CCN(C(C)CCOC)C1=O. The lowest BCUT2D eigenvalue weighted by Crippen LogP contribution is -2.47. The van der Waals surface area contributed by atoms with Gasteiger partial charge in [0, 0.05) is 32.7 Å². The summed E-state index contributed by atoms with van der Waals surface area (Å²) in [7, 11) is 1.65. The van der Waals surface area contributed by atoms with Crippen molar-refractivity contribution in [1.82, 2.24) is 10.2 Å². The number of carbonyl (C=O) groups is 2. The van der Waals surface area contributed by atoms with Crippen LogP contribution in [0.4, 0.5) is 0 Å². The van der Waals surface area contributed by atoms with E-state index in [1.54, 1.807) is 7.11 Å². The first-order chi connectivity index (χ1) is 8.60. The highest BCUT2D eigenvalue weighted by molar-refractivity contribution is 5.90. The van der Waals surface area contributed by atoms with Crippen LogP contribution in [0.1, 0.15) is 39.5 Å². The Hall–Kier alpha value is -1.10. The third kappa shape index (κ3) is 3.98. The Labute approximate surface area is 109 Å². The van der Waals surface area contributed by atoms with Crippen LogP contribution in [-0.2, 0) is 14.3 Å². The normalized spacial score (nSPS) is 22.6. The second-order valence-corrected chi connectivity index (χ2v) is 4.82. The molecule has 1 rings (SSSR count). The van der Waals surface area contributed by atoms with E-state index in [9.17, 15) is 9.59 Å². The van der Waals surface area contributed by atoms with Gasteiger partial charge in [0.25, 0.3) is 0 Å². The molecule has 0 aromatic rings. The van der Waals surface area contributed by atoms with E-state index in [1.165, 1.54) is 0 Å². The Bertz CT molecular complexity index is 294. The van der Waals surface area contributed by atoms with E-state index in [-0.39, 0.29) is 23.9 Å². The zero-order valence-electron chi connectivity index (χ0n) is 11.6. The molecule has 5 nitrogen and oxygen atoms in total. The molecule has 0 radical (unpaired) electrons. The van der Waals surface area contributed by atoms with Gasteiger partial charge in [-0.15, -0.1) is 0 Å². The van der Waals surface area contributed by atoms with E-state index in [0.29, 0.717) is 26.0 Å². The van der Waals surface area contributed by atoms with E-state index in [2.05, 4.69) is 5.32 Å². The summed E-state index contributed by atoms with van der Waals surface area (Å²) in [6.45, 7) is 5.17. The third-order valence-corrected chi connectivity index (χ3v) is 3.35. The number of ether oxygens (including phenoxy) is 1. The van der Waals surface area contributed by atoms with Gasteiger partial charge in [-0.05, 0) is 19.8 Å². The van der Waals surface area contributed by atoms with Crippen LogP contribution in [0.2, 0.25) is 0 Å². The standard InChI is InChI=1S/C13H24N2O3/c1-4-5-11-13(17)15(8-6-12(16)14-11)10(2)7-9-18-3/h10-11H,4-9H2,1-3H3,(H,14,16). The Balaban J connectivity index is 2.70. The number of amides is 2. The van der Waals surface area contributed by atoms with Crippen LogP contribution in [0.15, 0.2) is 0 Å². The van der Waals surface area contributed by atoms with E-state index in [0.717, 1.165) is 12.8 Å². The Morgan fingerprint density at radius 2 is 2.22 bits per heavy atom. The van der Waals surface area contributed by atoms with Gasteiger partial charge in [0.1, 0.15) is 6.04 Å². The molecule has 0 aliphatic carbocycles. The van der Waals surface area contributed by atoms with Gasteiger partial charge in [0.2, 0.25) is 11.8 Å². The maximum Gasteiger partial charge on any atom is 0.245 e. The molecule has 0 bridgehead atoms. The highest BCUT2D eigenvalue weighted by Gasteiger charge is 2.31. The first-order valence-corrected chi connectivity index (χ1v) is 6.69. The van der Waals surface area contributed by atoms with E-state index in [4.69, 9.17) is 4.74 Å². The monoisotopic (exact) mass is 256 g/mol. The summed E-state index contributed by atoms with van der Waals surface area (Å²) in [5, 5.41) is 2.81. The first-order valence-electron chi connectivity index (χ1n) is 6.69. The first kappa shape index (κ1) is 15.0. The van der Waals surface area contributed by atoms with Crippen LogP contribution in [0.25, 0.3) is 0 Å². The van der Waals surface area contributed by atoms with Gasteiger partial charge in [0.05, 0.1) is 0 Å². The van der Waals surface area contributed by atoms with Crippen LogP contribution < -0.4 is 5.32 Å². The quantitative estimate of drug-likeness (QED) is 0.769. The van der Waals surface area contributed by atoms with Gasteiger partial charge < -0.3 is 15.0 Å². The molecule has 2 atom stereocenters. The van der Waals surface area contributed by atoms with Crippen LogP contribution in [0, 0.1) is 0 Å². The summed E-state index contributed by atoms with van der Waals surface area (Å²) in [5.74, 6) is 0.0227. The molecule has 104 valence electrons. The van der Waals surface area contributed by atoms with Crippen molar-refractivity contribution < 1.29 is 14.3 Å². The van der Waals surface area contributed by atoms with Crippen LogP contribution >= 0.6 is 0 Å². The summed E-state index contributed by atoms with van der Waals surface area (Å²) >= 11 is 0. The van der Waals surface area contributed by atoms with Crippen LogP contribution in [0.5, 0.6) is 0 Å². The minimum absolute atomic E-state index is 0.0248. The van der Waals surface area contributed by atoms with Gasteiger partial charge in [-0.25, -0.2) is 0 Å². The van der Waals surface area contributed by atoms with Crippen molar-refractivity contribution in [1.29, 1.82) is 0 Å². The maximum absolute atomic E-state index is 12.4. The van der Waals surface area contributed by atoms with Crippen molar-refractivity contribution in [2.75, 3.05) is 20.3 Å². The van der Waals surface area contributed by atoms with Crippen molar-refractivity contribution in [3.8, 4) is 0 Å². The summed E-state index contributed by atoms with van der Waals surface area (Å²) in [6, 6.07) is -0.237. The van der Waals surface area contributed by atoms with E-state index in [1.807, 2.05) is 18.7 Å². The van der Waals surface area contributed by atoms with E-state index >= 15 is 0 Å². The largest absolute Gasteiger partial charge is 0.385 e. The molecule has 2 amide bonds. The molecule has 1 fully saturated rings. The maximum atomic E-state index is 12.4. The number of carbonyl (C=O) groups excluding carboxylic acids is 2. The van der Waals surface area contributed by atoms with Gasteiger partial charge in [0.15, 0.2) is 0 Å². The van der Waals surface area contributed by atoms with Crippen molar-refractivity contribution in [2.24, 2.45) is 0 Å². The van der Waals surface area contributed by atoms with Crippen LogP contribution in [-0.4, -0.2) is 49.1 Å². The van der Waals surface area contributed by atoms with Crippen LogP contribution in [0.3, 0.4) is 0 Å². The lowest BCUT2D eigenvalue weighted by atomic mass is 10.1. The number of methoxy groups -OCH3 is 1. The van der Waals surface area contributed by atoms with E-state index < -0.39 is 0 Å². The highest BCUT2D eigenvalue weighted by atomic mass is 16.5. The third-order valence-electron chi connectivity index (χ3n) is 3.35. The fraction of sp³-hybridized carbons (Fsp3) is 0.846. The summed E-state index contributed by atoms with van der Waals surface area (Å²) in [5.41, 5.74) is 0. The molecule has 1 heterocycles. The van der Waals surface area contributed by atoms with Crippen molar-refractivity contribution in [3.63, 3.8) is 0 Å². The molecule has 0 aromatic heterocycles. The average molecular weight is 256 g/mol. The molecule has 2 unspecified atom stereocenters. The minimum atomic E-state index is -0.352. The molecule has 1 N–H and O–H groups in total. The molecule has 0 saturated carbocycles. The topological polar surface area (TPSA) is 58.6 Å². The van der Waals surface area contributed by atoms with Gasteiger partial charge in [-0.2, -0.15) is 0 Å². The molecular formula is C13H24N2O3. The Kier molecular flexibility index (Phi) is 6.12. The zero-order valence-corrected chi connectivity index (χ0v) is 11.6. The summed E-state index contributed by atoms with van der Waals surface area (Å²) in [4.78, 5) is 25.8. The van der Waals surface area contributed by atoms with Crippen molar-refractivity contribution in [2.45, 2.75) is 51.6 Å². The molecule has 1 aliphatic heterocycles. The number of nitrogens with zero attached hydrogens (tertiary/aromatic N) is 1. The molecular weight excluding hydrogens is 232 g/mol.